The van der Waals surface area contributed by atoms with Crippen molar-refractivity contribution in [2.75, 3.05) is 0 Å². The van der Waals surface area contributed by atoms with Crippen LogP contribution in [0.5, 0.6) is 0 Å². The highest BCUT2D eigenvalue weighted by Gasteiger charge is 2.21. The van der Waals surface area contributed by atoms with E-state index in [2.05, 4.69) is 142 Å². The van der Waals surface area contributed by atoms with Crippen LogP contribution in [0.15, 0.2) is 176 Å². The second-order valence-corrected chi connectivity index (χ2v) is 13.3. The molecular formula is C47H29N5. The molecule has 0 atom stereocenters. The van der Waals surface area contributed by atoms with Crippen LogP contribution in [0.25, 0.3) is 99.8 Å². The van der Waals surface area contributed by atoms with Crippen molar-refractivity contribution in [1.82, 2.24) is 23.9 Å². The van der Waals surface area contributed by atoms with Gasteiger partial charge in [0.25, 0.3) is 0 Å². The number of aromatic nitrogens is 5. The number of fused-ring (bicyclic) bond motifs is 11. The van der Waals surface area contributed by atoms with Crippen molar-refractivity contribution in [2.45, 2.75) is 0 Å². The molecule has 11 rings (SSSR count). The first kappa shape index (κ1) is 28.7. The van der Waals surface area contributed by atoms with Crippen molar-refractivity contribution in [1.29, 1.82) is 0 Å². The first-order valence-electron chi connectivity index (χ1n) is 17.5. The lowest BCUT2D eigenvalue weighted by molar-refractivity contribution is 1.02. The first-order valence-corrected chi connectivity index (χ1v) is 17.5. The Labute approximate surface area is 298 Å². The van der Waals surface area contributed by atoms with Crippen molar-refractivity contribution in [2.24, 2.45) is 0 Å². The average molecular weight is 664 g/mol. The van der Waals surface area contributed by atoms with Crippen LogP contribution in [-0.2, 0) is 0 Å². The molecule has 0 amide bonds. The van der Waals surface area contributed by atoms with E-state index < -0.39 is 0 Å². The Bertz CT molecular complexity index is 3080. The van der Waals surface area contributed by atoms with Gasteiger partial charge in [-0.15, -0.1) is 0 Å². The Morgan fingerprint density at radius 3 is 1.65 bits per heavy atom. The van der Waals surface area contributed by atoms with Crippen LogP contribution in [-0.4, -0.2) is 23.9 Å². The number of nitrogens with zero attached hydrogens (tertiary/aromatic N) is 5. The molecule has 52 heavy (non-hydrogen) atoms. The summed E-state index contributed by atoms with van der Waals surface area (Å²) in [4.78, 5) is 15.5. The van der Waals surface area contributed by atoms with E-state index in [1.54, 1.807) is 0 Å². The van der Waals surface area contributed by atoms with Gasteiger partial charge in [0, 0.05) is 17.2 Å². The van der Waals surface area contributed by atoms with Crippen molar-refractivity contribution in [3.8, 4) is 39.6 Å². The lowest BCUT2D eigenvalue weighted by Gasteiger charge is -2.12. The summed E-state index contributed by atoms with van der Waals surface area (Å²) in [6, 6.07) is 62.0. The second kappa shape index (κ2) is 11.2. The third-order valence-electron chi connectivity index (χ3n) is 10.3. The van der Waals surface area contributed by atoms with E-state index in [0.717, 1.165) is 56.0 Å². The van der Waals surface area contributed by atoms with Crippen molar-refractivity contribution in [3.63, 3.8) is 0 Å². The molecule has 0 radical (unpaired) electrons. The predicted octanol–water partition coefficient (Wildman–Crippen LogP) is 11.7. The topological polar surface area (TPSA) is 48.0 Å². The molecule has 0 saturated heterocycles. The van der Waals surface area contributed by atoms with Crippen LogP contribution in [0.1, 0.15) is 0 Å². The largest absolute Gasteiger partial charge is 0.276 e. The van der Waals surface area contributed by atoms with Gasteiger partial charge in [-0.3, -0.25) is 8.97 Å². The van der Waals surface area contributed by atoms with Crippen LogP contribution >= 0.6 is 0 Å². The summed E-state index contributed by atoms with van der Waals surface area (Å²) in [5.74, 6) is 2.24. The average Bonchev–Trinajstić information content (AvgIpc) is 3.75. The summed E-state index contributed by atoms with van der Waals surface area (Å²) in [6.07, 6.45) is 0. The molecule has 3 heterocycles. The Balaban J connectivity index is 1.18. The van der Waals surface area contributed by atoms with E-state index in [1.165, 1.54) is 37.9 Å². The molecule has 0 fully saturated rings. The third-order valence-corrected chi connectivity index (χ3v) is 10.3. The Morgan fingerprint density at radius 1 is 0.346 bits per heavy atom. The second-order valence-electron chi connectivity index (χ2n) is 13.3. The van der Waals surface area contributed by atoms with E-state index in [0.29, 0.717) is 5.82 Å². The van der Waals surface area contributed by atoms with Crippen molar-refractivity contribution in [3.05, 3.63) is 176 Å². The van der Waals surface area contributed by atoms with Crippen LogP contribution in [0, 0.1) is 0 Å². The van der Waals surface area contributed by atoms with Gasteiger partial charge >= 0.3 is 0 Å². The van der Waals surface area contributed by atoms with E-state index in [4.69, 9.17) is 15.0 Å². The summed E-state index contributed by atoms with van der Waals surface area (Å²) < 4.78 is 4.45. The Kier molecular flexibility index (Phi) is 6.18. The first-order chi connectivity index (χ1) is 25.8. The van der Waals surface area contributed by atoms with E-state index in [9.17, 15) is 0 Å². The highest BCUT2D eigenvalue weighted by Crippen LogP contribution is 2.39. The van der Waals surface area contributed by atoms with Crippen LogP contribution in [0.2, 0.25) is 0 Å². The molecule has 0 aliphatic carbocycles. The quantitative estimate of drug-likeness (QED) is 0.176. The molecule has 0 N–H and O–H groups in total. The van der Waals surface area contributed by atoms with Gasteiger partial charge in [0.2, 0.25) is 5.78 Å². The van der Waals surface area contributed by atoms with E-state index in [-0.39, 0.29) is 0 Å². The minimum Gasteiger partial charge on any atom is -0.276 e. The van der Waals surface area contributed by atoms with E-state index >= 15 is 0 Å². The minimum absolute atomic E-state index is 0.667. The highest BCUT2D eigenvalue weighted by molar-refractivity contribution is 6.25. The molecule has 8 aromatic carbocycles. The van der Waals surface area contributed by atoms with Crippen molar-refractivity contribution < 1.29 is 0 Å². The maximum absolute atomic E-state index is 5.21. The van der Waals surface area contributed by atoms with Gasteiger partial charge in [-0.1, -0.05) is 140 Å². The fourth-order valence-corrected chi connectivity index (χ4v) is 7.91. The maximum Gasteiger partial charge on any atom is 0.221 e. The third kappa shape index (κ3) is 4.33. The molecule has 3 aromatic heterocycles. The smallest absolute Gasteiger partial charge is 0.221 e. The zero-order chi connectivity index (χ0) is 34.2. The Morgan fingerprint density at radius 2 is 0.923 bits per heavy atom. The molecule has 0 saturated carbocycles. The number of hydrogen-bond acceptors (Lipinski definition) is 3. The number of para-hydroxylation sites is 2. The van der Waals surface area contributed by atoms with Gasteiger partial charge in [-0.25, -0.2) is 15.0 Å². The lowest BCUT2D eigenvalue weighted by atomic mass is 9.92. The summed E-state index contributed by atoms with van der Waals surface area (Å²) in [5.41, 5.74) is 9.22. The fraction of sp³-hybridized carbons (Fsp3) is 0. The zero-order valence-corrected chi connectivity index (χ0v) is 28.0. The van der Waals surface area contributed by atoms with Gasteiger partial charge in [-0.05, 0) is 73.8 Å². The molecule has 0 aliphatic heterocycles. The molecule has 0 unspecified atom stereocenters. The normalized spacial score (nSPS) is 11.8. The van der Waals surface area contributed by atoms with Crippen LogP contribution in [0.4, 0.5) is 0 Å². The summed E-state index contributed by atoms with van der Waals surface area (Å²) in [7, 11) is 0. The van der Waals surface area contributed by atoms with Gasteiger partial charge in [0.05, 0.1) is 27.8 Å². The lowest BCUT2D eigenvalue weighted by Crippen LogP contribution is -2.03. The van der Waals surface area contributed by atoms with Crippen LogP contribution in [0.3, 0.4) is 0 Å². The highest BCUT2D eigenvalue weighted by atomic mass is 15.2. The molecule has 0 bridgehead atoms. The molecule has 11 aromatic rings. The SMILES string of the molecule is c1ccc(-c2cc(-n3c4ccc(-c5ccc6c7ccccc7c7ccccc7c6c5)cc4n4c5ccccc5nc34)nc(-c3ccccc3)n2)cc1. The Hall–Kier alpha value is -7.11. The monoisotopic (exact) mass is 663 g/mol. The van der Waals surface area contributed by atoms with Gasteiger partial charge in [0.1, 0.15) is 5.82 Å². The minimum atomic E-state index is 0.667. The molecule has 5 nitrogen and oxygen atoms in total. The van der Waals surface area contributed by atoms with Gasteiger partial charge in [-0.2, -0.15) is 0 Å². The molecule has 0 aliphatic rings. The summed E-state index contributed by atoms with van der Waals surface area (Å²) in [6.45, 7) is 0. The molecule has 5 heteroatoms. The number of hydrogen-bond donors (Lipinski definition) is 0. The number of rotatable bonds is 4. The standard InChI is InChI=1S/C47H29N5/c1-3-13-30(14-4-1)41-29-45(50-46(48-41)31-15-5-2-6-16-31)52-43-26-24-33(28-44(43)51-42-22-12-11-21-40(42)49-47(51)52)32-23-25-38-36-19-8-7-17-34(36)35-18-9-10-20-37(35)39(38)27-32/h1-29H. The maximum atomic E-state index is 5.21. The molecule has 242 valence electrons. The fourth-order valence-electron chi connectivity index (χ4n) is 7.91. The molecular weight excluding hydrogens is 635 g/mol. The van der Waals surface area contributed by atoms with Crippen molar-refractivity contribution >= 4 is 60.2 Å². The zero-order valence-electron chi connectivity index (χ0n) is 28.0. The summed E-state index contributed by atoms with van der Waals surface area (Å²) in [5, 5.41) is 7.62. The summed E-state index contributed by atoms with van der Waals surface area (Å²) >= 11 is 0. The van der Waals surface area contributed by atoms with Gasteiger partial charge in [0.15, 0.2) is 5.82 Å². The van der Waals surface area contributed by atoms with Crippen LogP contribution < -0.4 is 0 Å². The van der Waals surface area contributed by atoms with E-state index in [1.807, 2.05) is 42.5 Å². The number of benzene rings is 8. The van der Waals surface area contributed by atoms with Gasteiger partial charge < -0.3 is 0 Å². The number of imidazole rings is 2. The predicted molar refractivity (Wildman–Crippen MR) is 214 cm³/mol. The molecule has 0 spiro atoms.